The maximum Gasteiger partial charge on any atom is 0.416 e. The van der Waals surface area contributed by atoms with Gasteiger partial charge in [-0.25, -0.2) is 9.69 Å². The van der Waals surface area contributed by atoms with Gasteiger partial charge in [0.05, 0.1) is 16.2 Å². The summed E-state index contributed by atoms with van der Waals surface area (Å²) in [6, 6.07) is 14.4. The van der Waals surface area contributed by atoms with Gasteiger partial charge in [-0.15, -0.1) is 0 Å². The van der Waals surface area contributed by atoms with Crippen LogP contribution in [0.4, 0.5) is 29.3 Å². The van der Waals surface area contributed by atoms with E-state index in [2.05, 4.69) is 5.32 Å². The SMILES string of the molecule is O=C1NC(=O)N(c2ccccc2)C(=O)/C1=C/c1ccccc1Oc1ccc(C(F)(F)F)cc1[N+](=O)[O-]. The number of anilines is 1. The molecule has 0 bridgehead atoms. The fraction of sp³-hybridized carbons (Fsp3) is 0.0417. The number of amides is 4. The summed E-state index contributed by atoms with van der Waals surface area (Å²) in [6.07, 6.45) is -3.69. The van der Waals surface area contributed by atoms with Crippen LogP contribution < -0.4 is 15.0 Å². The molecule has 12 heteroatoms. The molecule has 9 nitrogen and oxygen atoms in total. The van der Waals surface area contributed by atoms with Gasteiger partial charge < -0.3 is 4.74 Å². The van der Waals surface area contributed by atoms with Crippen LogP contribution in [0, 0.1) is 10.1 Å². The van der Waals surface area contributed by atoms with Crippen LogP contribution in [0.15, 0.2) is 78.4 Å². The van der Waals surface area contributed by atoms with E-state index in [0.717, 1.165) is 17.0 Å². The van der Waals surface area contributed by atoms with E-state index in [-0.39, 0.29) is 17.0 Å². The minimum atomic E-state index is -4.80. The Balaban J connectivity index is 1.73. The number of carbonyl (C=O) groups is 3. The zero-order valence-corrected chi connectivity index (χ0v) is 18.0. The predicted molar refractivity (Wildman–Crippen MR) is 120 cm³/mol. The summed E-state index contributed by atoms with van der Waals surface area (Å²) in [5, 5.41) is 13.5. The molecule has 1 aliphatic heterocycles. The van der Waals surface area contributed by atoms with Crippen LogP contribution in [0.5, 0.6) is 11.5 Å². The number of ether oxygens (including phenoxy) is 1. The molecule has 3 aromatic rings. The first-order chi connectivity index (χ1) is 17.1. The zero-order chi connectivity index (χ0) is 26.0. The molecular formula is C24H14F3N3O6. The maximum atomic E-state index is 13.0. The summed E-state index contributed by atoms with van der Waals surface area (Å²) in [4.78, 5) is 48.9. The molecule has 1 saturated heterocycles. The van der Waals surface area contributed by atoms with Crippen molar-refractivity contribution in [1.29, 1.82) is 0 Å². The van der Waals surface area contributed by atoms with Crippen molar-refractivity contribution in [2.45, 2.75) is 6.18 Å². The van der Waals surface area contributed by atoms with Crippen molar-refractivity contribution >= 4 is 35.3 Å². The number of halogens is 3. The molecule has 0 aromatic heterocycles. The van der Waals surface area contributed by atoms with E-state index in [1.54, 1.807) is 18.2 Å². The van der Waals surface area contributed by atoms with Crippen molar-refractivity contribution in [1.82, 2.24) is 5.32 Å². The summed E-state index contributed by atoms with van der Waals surface area (Å²) < 4.78 is 44.5. The Morgan fingerprint density at radius 1 is 0.917 bits per heavy atom. The van der Waals surface area contributed by atoms with Gasteiger partial charge >= 0.3 is 17.9 Å². The molecule has 0 saturated carbocycles. The number of alkyl halides is 3. The fourth-order valence-corrected chi connectivity index (χ4v) is 3.36. The summed E-state index contributed by atoms with van der Waals surface area (Å²) in [7, 11) is 0. The quantitative estimate of drug-likeness (QED) is 0.228. The Kier molecular flexibility index (Phi) is 6.26. The Morgan fingerprint density at radius 3 is 2.25 bits per heavy atom. The van der Waals surface area contributed by atoms with Crippen molar-refractivity contribution < 1.29 is 37.2 Å². The molecule has 0 aliphatic carbocycles. The smallest absolute Gasteiger partial charge is 0.416 e. The zero-order valence-electron chi connectivity index (χ0n) is 18.0. The largest absolute Gasteiger partial charge is 0.449 e. The molecule has 1 aliphatic rings. The summed E-state index contributed by atoms with van der Waals surface area (Å²) in [5.74, 6) is -2.48. The second-order valence-corrected chi connectivity index (χ2v) is 7.37. The highest BCUT2D eigenvalue weighted by atomic mass is 19.4. The lowest BCUT2D eigenvalue weighted by Crippen LogP contribution is -2.54. The second-order valence-electron chi connectivity index (χ2n) is 7.37. The summed E-state index contributed by atoms with van der Waals surface area (Å²) in [6.45, 7) is 0. The molecule has 36 heavy (non-hydrogen) atoms. The first-order valence-electron chi connectivity index (χ1n) is 10.2. The molecule has 0 atom stereocenters. The van der Waals surface area contributed by atoms with Crippen LogP contribution in [-0.4, -0.2) is 22.8 Å². The molecule has 1 fully saturated rings. The standard InChI is InChI=1S/C24H14F3N3O6/c25-24(26,27)15-10-11-20(18(13-15)30(34)35)36-19-9-5-4-6-14(19)12-17-21(31)28-23(33)29(22(17)32)16-7-2-1-3-8-16/h1-13H,(H,28,31,33)/b17-12+. The Bertz CT molecular complexity index is 1420. The van der Waals surface area contributed by atoms with Gasteiger partial charge in [0.25, 0.3) is 11.8 Å². The number of imide groups is 2. The molecule has 4 amide bonds. The van der Waals surface area contributed by atoms with Gasteiger partial charge in [-0.1, -0.05) is 36.4 Å². The molecule has 1 N–H and O–H groups in total. The van der Waals surface area contributed by atoms with E-state index in [4.69, 9.17) is 4.74 Å². The average molecular weight is 497 g/mol. The minimum absolute atomic E-state index is 0.0865. The molecule has 1 heterocycles. The van der Waals surface area contributed by atoms with Crippen LogP contribution in [0.2, 0.25) is 0 Å². The third-order valence-electron chi connectivity index (χ3n) is 5.04. The van der Waals surface area contributed by atoms with E-state index in [0.29, 0.717) is 12.1 Å². The number of urea groups is 1. The highest BCUT2D eigenvalue weighted by Crippen LogP contribution is 2.39. The van der Waals surface area contributed by atoms with Crippen molar-refractivity contribution in [3.8, 4) is 11.5 Å². The predicted octanol–water partition coefficient (Wildman–Crippen LogP) is 5.07. The average Bonchev–Trinajstić information content (AvgIpc) is 2.82. The Labute approximate surface area is 200 Å². The lowest BCUT2D eigenvalue weighted by molar-refractivity contribution is -0.385. The van der Waals surface area contributed by atoms with Gasteiger partial charge in [-0.2, -0.15) is 13.2 Å². The van der Waals surface area contributed by atoms with E-state index in [1.807, 2.05) is 0 Å². The minimum Gasteiger partial charge on any atom is -0.449 e. The second kappa shape index (κ2) is 9.33. The number of para-hydroxylation sites is 2. The van der Waals surface area contributed by atoms with Crippen molar-refractivity contribution in [3.05, 3.63) is 99.6 Å². The van der Waals surface area contributed by atoms with E-state index >= 15 is 0 Å². The molecular weight excluding hydrogens is 483 g/mol. The third-order valence-corrected chi connectivity index (χ3v) is 5.04. The van der Waals surface area contributed by atoms with Crippen molar-refractivity contribution in [3.63, 3.8) is 0 Å². The van der Waals surface area contributed by atoms with Gasteiger partial charge in [-0.05, 0) is 36.4 Å². The van der Waals surface area contributed by atoms with Gasteiger partial charge in [0, 0.05) is 11.6 Å². The van der Waals surface area contributed by atoms with Gasteiger partial charge in [-0.3, -0.25) is 25.0 Å². The van der Waals surface area contributed by atoms with Gasteiger partial charge in [0.2, 0.25) is 5.75 Å². The van der Waals surface area contributed by atoms with Crippen molar-refractivity contribution in [2.24, 2.45) is 0 Å². The molecule has 4 rings (SSSR count). The lowest BCUT2D eigenvalue weighted by atomic mass is 10.1. The molecule has 0 unspecified atom stereocenters. The van der Waals surface area contributed by atoms with Crippen LogP contribution in [0.1, 0.15) is 11.1 Å². The van der Waals surface area contributed by atoms with Crippen LogP contribution in [-0.2, 0) is 15.8 Å². The first-order valence-corrected chi connectivity index (χ1v) is 10.2. The molecule has 182 valence electrons. The summed E-state index contributed by atoms with van der Waals surface area (Å²) in [5.41, 5.74) is -2.28. The molecule has 0 radical (unpaired) electrons. The number of nitrogens with zero attached hydrogens (tertiary/aromatic N) is 2. The number of nitro groups is 1. The number of nitro benzene ring substituents is 1. The summed E-state index contributed by atoms with van der Waals surface area (Å²) >= 11 is 0. The van der Waals surface area contributed by atoms with E-state index in [1.165, 1.54) is 36.4 Å². The van der Waals surface area contributed by atoms with Gasteiger partial charge in [0.15, 0.2) is 0 Å². The van der Waals surface area contributed by atoms with Crippen LogP contribution in [0.25, 0.3) is 6.08 Å². The monoisotopic (exact) mass is 497 g/mol. The van der Waals surface area contributed by atoms with Crippen molar-refractivity contribution in [2.75, 3.05) is 4.90 Å². The number of barbiturate groups is 1. The first kappa shape index (κ1) is 24.1. The van der Waals surface area contributed by atoms with Crippen LogP contribution in [0.3, 0.4) is 0 Å². The number of nitrogens with one attached hydrogen (secondary N) is 1. The van der Waals surface area contributed by atoms with Gasteiger partial charge in [0.1, 0.15) is 11.3 Å². The highest BCUT2D eigenvalue weighted by molar-refractivity contribution is 6.39. The number of hydrogen-bond acceptors (Lipinski definition) is 6. The van der Waals surface area contributed by atoms with Crippen LogP contribution >= 0.6 is 0 Å². The Morgan fingerprint density at radius 2 is 1.58 bits per heavy atom. The number of hydrogen-bond donors (Lipinski definition) is 1. The fourth-order valence-electron chi connectivity index (χ4n) is 3.36. The maximum absolute atomic E-state index is 13.0. The Hall–Kier alpha value is -5.00. The topological polar surface area (TPSA) is 119 Å². The van der Waals surface area contributed by atoms with E-state index in [9.17, 15) is 37.7 Å². The normalized spacial score (nSPS) is 15.1. The lowest BCUT2D eigenvalue weighted by Gasteiger charge is -2.26. The van der Waals surface area contributed by atoms with E-state index < -0.39 is 51.5 Å². The third kappa shape index (κ3) is 4.78. The highest BCUT2D eigenvalue weighted by Gasteiger charge is 2.37. The number of benzene rings is 3. The molecule has 3 aromatic carbocycles. The number of rotatable bonds is 5. The molecule has 0 spiro atoms. The number of carbonyl (C=O) groups excluding carboxylic acids is 3.